The van der Waals surface area contributed by atoms with Crippen molar-refractivity contribution < 1.29 is 102 Å². The second-order valence-corrected chi connectivity index (χ2v) is 7.48. The molecular weight excluding hydrogens is 660 g/mol. The van der Waals surface area contributed by atoms with Gasteiger partial charge in [-0.1, -0.05) is 12.1 Å². The molecule has 2 rings (SSSR count). The highest BCUT2D eigenvalue weighted by molar-refractivity contribution is 7.66. The standard InChI is InChI=1S/C8F18.C8H5NO2.H2O3S/c9-1(10,3(13,14)5(17,18)7(21,22)23)2(11,12)4(15,16)6(19,20)8(24,25)26;10-7-5-3-1-2-4-6(5)8(11)9-7;1-4(2)3/h;1-4H,(H,9,10,11);4H,(H,1,2,3). The number of alkyl halides is 18. The summed E-state index contributed by atoms with van der Waals surface area (Å²) in [5.74, 6) is -51.6. The van der Waals surface area contributed by atoms with Crippen LogP contribution in [0.3, 0.4) is 0 Å². The van der Waals surface area contributed by atoms with Crippen LogP contribution in [0, 0.1) is 0 Å². The van der Waals surface area contributed by atoms with Crippen molar-refractivity contribution in [2.45, 2.75) is 47.9 Å². The third kappa shape index (κ3) is 6.58. The van der Waals surface area contributed by atoms with Gasteiger partial charge in [0, 0.05) is 0 Å². The third-order valence-electron chi connectivity index (χ3n) is 4.33. The first kappa shape index (κ1) is 38.0. The molecular formula is C16H7F18NO5S. The lowest BCUT2D eigenvalue weighted by molar-refractivity contribution is -0.468. The van der Waals surface area contributed by atoms with Crippen LogP contribution in [0.25, 0.3) is 0 Å². The number of carbonyl (C=O) groups excluding carboxylic acids is 2. The van der Waals surface area contributed by atoms with E-state index in [1.165, 1.54) is 0 Å². The number of rotatable bonds is 5. The van der Waals surface area contributed by atoms with Crippen LogP contribution in [-0.2, 0) is 11.0 Å². The Morgan fingerprint density at radius 1 is 0.488 bits per heavy atom. The largest absolute Gasteiger partial charge is 0.460 e. The quantitative estimate of drug-likeness (QED) is 0.165. The van der Waals surface area contributed by atoms with Gasteiger partial charge in [-0.2, -0.15) is 79.0 Å². The average Bonchev–Trinajstić information content (AvgIpc) is 3.05. The van der Waals surface area contributed by atoms with Crippen LogP contribution in [-0.4, -0.2) is 72.7 Å². The molecule has 0 aliphatic carbocycles. The number of amides is 2. The molecule has 1 heterocycles. The summed E-state index contributed by atoms with van der Waals surface area (Å²) in [7, 11) is -3.12. The lowest BCUT2D eigenvalue weighted by atomic mass is 9.91. The van der Waals surface area contributed by atoms with Gasteiger partial charge >= 0.3 is 47.9 Å². The minimum atomic E-state index is -8.72. The molecule has 41 heavy (non-hydrogen) atoms. The van der Waals surface area contributed by atoms with Crippen molar-refractivity contribution >= 4 is 22.8 Å². The Morgan fingerprint density at radius 3 is 0.878 bits per heavy atom. The van der Waals surface area contributed by atoms with E-state index in [4.69, 9.17) is 13.0 Å². The Kier molecular flexibility index (Phi) is 10.5. The highest BCUT2D eigenvalue weighted by atomic mass is 32.2. The van der Waals surface area contributed by atoms with Gasteiger partial charge in [-0.15, -0.1) is 0 Å². The first-order valence-corrected chi connectivity index (χ1v) is 10.1. The van der Waals surface area contributed by atoms with Gasteiger partial charge in [0.15, 0.2) is 0 Å². The fourth-order valence-electron chi connectivity index (χ4n) is 2.26. The van der Waals surface area contributed by atoms with Crippen molar-refractivity contribution in [2.24, 2.45) is 0 Å². The van der Waals surface area contributed by atoms with Crippen molar-refractivity contribution in [3.8, 4) is 0 Å². The fraction of sp³-hybridized carbons (Fsp3) is 0.500. The second kappa shape index (κ2) is 11.4. The van der Waals surface area contributed by atoms with E-state index in [1.807, 2.05) is 0 Å². The summed E-state index contributed by atoms with van der Waals surface area (Å²) >= 11 is 0. The van der Waals surface area contributed by atoms with Crippen molar-refractivity contribution in [3.63, 3.8) is 0 Å². The van der Waals surface area contributed by atoms with Gasteiger partial charge in [0.1, 0.15) is 0 Å². The van der Waals surface area contributed by atoms with Crippen molar-refractivity contribution in [2.75, 3.05) is 0 Å². The monoisotopic (exact) mass is 667 g/mol. The maximum atomic E-state index is 12.8. The zero-order chi connectivity index (χ0) is 33.4. The van der Waals surface area contributed by atoms with Crippen LogP contribution >= 0.6 is 0 Å². The fourth-order valence-corrected chi connectivity index (χ4v) is 2.26. The second-order valence-electron chi connectivity index (χ2n) is 7.01. The Hall–Kier alpha value is -2.99. The summed E-state index contributed by atoms with van der Waals surface area (Å²) in [5, 5.41) is 2.20. The van der Waals surface area contributed by atoms with E-state index >= 15 is 0 Å². The first-order valence-electron chi connectivity index (χ1n) is 8.95. The van der Waals surface area contributed by atoms with E-state index in [1.54, 1.807) is 24.3 Å². The highest BCUT2D eigenvalue weighted by Crippen LogP contribution is 2.64. The molecule has 0 unspecified atom stereocenters. The lowest BCUT2D eigenvalue weighted by Gasteiger charge is -2.41. The molecule has 0 atom stereocenters. The van der Waals surface area contributed by atoms with Gasteiger partial charge in [-0.05, 0) is 12.1 Å². The molecule has 2 amide bonds. The summed E-state index contributed by atoms with van der Waals surface area (Å²) in [6.07, 6.45) is -15.6. The van der Waals surface area contributed by atoms with E-state index < -0.39 is 58.9 Å². The molecule has 0 spiro atoms. The van der Waals surface area contributed by atoms with Gasteiger partial charge in [0.2, 0.25) is 0 Å². The zero-order valence-electron chi connectivity index (χ0n) is 18.1. The minimum absolute atomic E-state index is 0.300. The zero-order valence-corrected chi connectivity index (χ0v) is 19.0. The van der Waals surface area contributed by atoms with Gasteiger partial charge in [-0.25, -0.2) is 8.42 Å². The molecule has 25 heteroatoms. The average molecular weight is 667 g/mol. The van der Waals surface area contributed by atoms with Crippen molar-refractivity contribution in [1.29, 1.82) is 0 Å². The highest BCUT2D eigenvalue weighted by Gasteiger charge is 2.95. The molecule has 1 aromatic carbocycles. The number of hydrogen-bond acceptors (Lipinski definition) is 4. The molecule has 0 saturated heterocycles. The van der Waals surface area contributed by atoms with Crippen molar-refractivity contribution in [1.82, 2.24) is 5.32 Å². The van der Waals surface area contributed by atoms with E-state index in [-0.39, 0.29) is 11.8 Å². The first-order chi connectivity index (χ1) is 17.8. The number of fused-ring (bicyclic) bond motifs is 1. The van der Waals surface area contributed by atoms with Gasteiger partial charge < -0.3 is 0 Å². The molecule has 0 fully saturated rings. The Labute approximate surface area is 214 Å². The summed E-state index contributed by atoms with van der Waals surface area (Å²) < 4.78 is 245. The predicted molar refractivity (Wildman–Crippen MR) is 93.0 cm³/mol. The Morgan fingerprint density at radius 2 is 0.683 bits per heavy atom. The molecule has 1 aliphatic rings. The predicted octanol–water partition coefficient (Wildman–Crippen LogP) is 5.56. The number of thiol groups is 1. The topological polar surface area (TPSA) is 101 Å². The normalized spacial score (nSPS) is 15.4. The number of carbonyl (C=O) groups is 2. The van der Waals surface area contributed by atoms with Crippen LogP contribution in [0.5, 0.6) is 0 Å². The third-order valence-corrected chi connectivity index (χ3v) is 4.33. The Balaban J connectivity index is 0.000000859. The lowest BCUT2D eigenvalue weighted by Crippen LogP contribution is -2.74. The van der Waals surface area contributed by atoms with E-state index in [0.717, 1.165) is 0 Å². The van der Waals surface area contributed by atoms with Gasteiger partial charge in [0.05, 0.1) is 11.1 Å². The summed E-state index contributed by atoms with van der Waals surface area (Å²) in [4.78, 5) is 21.9. The van der Waals surface area contributed by atoms with Gasteiger partial charge in [-0.3, -0.25) is 19.5 Å². The molecule has 6 nitrogen and oxygen atoms in total. The maximum absolute atomic E-state index is 12.8. The van der Waals surface area contributed by atoms with Crippen LogP contribution in [0.2, 0.25) is 0 Å². The summed E-state index contributed by atoms with van der Waals surface area (Å²) in [6.45, 7) is 0. The number of nitrogens with one attached hydrogen (secondary N) is 1. The van der Waals surface area contributed by atoms with Crippen LogP contribution in [0.4, 0.5) is 79.0 Å². The summed E-state index contributed by atoms with van der Waals surface area (Å²) in [6, 6.07) is 6.74. The molecule has 0 saturated carbocycles. The van der Waals surface area contributed by atoms with Crippen LogP contribution in [0.1, 0.15) is 20.7 Å². The summed E-state index contributed by atoms with van der Waals surface area (Å²) in [5.41, 5.74) is 0.940. The van der Waals surface area contributed by atoms with E-state index in [0.29, 0.717) is 11.1 Å². The smallest absolute Gasteiger partial charge is 0.288 e. The molecule has 1 aliphatic heterocycles. The molecule has 0 aromatic heterocycles. The molecule has 1 aromatic rings. The van der Waals surface area contributed by atoms with Gasteiger partial charge in [0.25, 0.3) is 22.8 Å². The molecule has 2 N–H and O–H groups in total. The SMILES string of the molecule is FC(F)(F)C(F)(F)C(F)(F)C(F)(F)C(F)(F)C(F)(F)C(F)(F)C(F)(F)F.O=C1NC(=O)c2ccccc21.O=[SH](=O)O. The van der Waals surface area contributed by atoms with E-state index in [9.17, 15) is 88.6 Å². The van der Waals surface area contributed by atoms with Crippen LogP contribution < -0.4 is 5.32 Å². The van der Waals surface area contributed by atoms with Crippen molar-refractivity contribution in [3.05, 3.63) is 35.4 Å². The number of imide groups is 1. The van der Waals surface area contributed by atoms with Crippen LogP contribution in [0.15, 0.2) is 24.3 Å². The number of benzene rings is 1. The minimum Gasteiger partial charge on any atom is -0.288 e. The van der Waals surface area contributed by atoms with E-state index in [2.05, 4.69) is 5.32 Å². The number of hydrogen-bond donors (Lipinski definition) is 3. The molecule has 238 valence electrons. The molecule has 0 bridgehead atoms. The maximum Gasteiger partial charge on any atom is 0.460 e. The Bertz CT molecular complexity index is 1120. The number of halogens is 18. The molecule has 0 radical (unpaired) electrons.